The molecule has 0 spiro atoms. The number of hydrogen-bond acceptors (Lipinski definition) is 6. The van der Waals surface area contributed by atoms with Crippen LogP contribution in [0.15, 0.2) is 75.5 Å². The van der Waals surface area contributed by atoms with Crippen LogP contribution in [0, 0.1) is 0 Å². The highest BCUT2D eigenvalue weighted by atomic mass is 32.2. The summed E-state index contributed by atoms with van der Waals surface area (Å²) in [5.74, 6) is 0.251. The minimum Gasteiger partial charge on any atom is -0.332 e. The fraction of sp³-hybridized carbons (Fsp3) is 0.238. The number of carbonyl (C=O) groups excluding carboxylic acids is 1. The normalized spacial score (nSPS) is 15.4. The second-order valence-electron chi connectivity index (χ2n) is 5.96. The molecule has 2 aromatic heterocycles. The van der Waals surface area contributed by atoms with Gasteiger partial charge in [0.05, 0.1) is 22.4 Å². The van der Waals surface area contributed by atoms with Crippen LogP contribution in [-0.4, -0.2) is 34.3 Å². The molecule has 0 fully saturated rings. The van der Waals surface area contributed by atoms with Gasteiger partial charge < -0.3 is 4.90 Å². The van der Waals surface area contributed by atoms with E-state index in [-0.39, 0.29) is 17.7 Å². The Balaban J connectivity index is 1.75. The van der Waals surface area contributed by atoms with Crippen LogP contribution >= 0.6 is 34.4 Å². The van der Waals surface area contributed by atoms with Gasteiger partial charge in [-0.1, -0.05) is 36.2 Å². The van der Waals surface area contributed by atoms with E-state index in [9.17, 15) is 4.79 Å². The fourth-order valence-electron chi connectivity index (χ4n) is 2.75. The van der Waals surface area contributed by atoms with Crippen LogP contribution in [0.5, 0.6) is 0 Å². The Hall–Kier alpha value is -2.27. The predicted octanol–water partition coefficient (Wildman–Crippen LogP) is 5.47. The number of amides is 1. The standard InChI is InChI=1S/C21H21N3OS3/c1-4-6-11-23(3)21(5-2)28-15-20(25)24-17(19-10-8-13-27-19)14-16(22-24)18-9-7-12-26-18/h4,7-13,17H,2,14-15H2,1,3H3. The van der Waals surface area contributed by atoms with Crippen molar-refractivity contribution in [2.24, 2.45) is 5.10 Å². The lowest BCUT2D eigenvalue weighted by Crippen LogP contribution is -2.28. The summed E-state index contributed by atoms with van der Waals surface area (Å²) in [6.45, 7) is 5.64. The van der Waals surface area contributed by atoms with Crippen molar-refractivity contribution in [3.8, 4) is 0 Å². The van der Waals surface area contributed by atoms with E-state index < -0.39 is 0 Å². The van der Waals surface area contributed by atoms with Crippen molar-refractivity contribution in [1.29, 1.82) is 0 Å². The molecule has 1 atom stereocenters. The van der Waals surface area contributed by atoms with Gasteiger partial charge in [-0.15, -0.1) is 28.4 Å². The number of rotatable bonds is 7. The van der Waals surface area contributed by atoms with Crippen molar-refractivity contribution in [1.82, 2.24) is 9.91 Å². The third-order valence-corrected chi connectivity index (χ3v) is 7.07. The monoisotopic (exact) mass is 427 g/mol. The SMILES string of the molecule is C=C=C(SCC(=O)N1N=C(c2cccs2)CC1c1cccs1)N(C)C=C=CC. The first-order valence-corrected chi connectivity index (χ1v) is 11.5. The summed E-state index contributed by atoms with van der Waals surface area (Å²) >= 11 is 4.72. The fourth-order valence-corrected chi connectivity index (χ4v) is 5.04. The number of hydrogen-bond donors (Lipinski definition) is 0. The lowest BCUT2D eigenvalue weighted by atomic mass is 10.1. The predicted molar refractivity (Wildman–Crippen MR) is 121 cm³/mol. The molecular weight excluding hydrogens is 406 g/mol. The van der Waals surface area contributed by atoms with Gasteiger partial charge in [0.1, 0.15) is 5.03 Å². The second-order valence-corrected chi connectivity index (χ2v) is 8.85. The molecule has 4 nitrogen and oxygen atoms in total. The van der Waals surface area contributed by atoms with Crippen LogP contribution < -0.4 is 0 Å². The van der Waals surface area contributed by atoms with Gasteiger partial charge in [-0.05, 0) is 35.9 Å². The Bertz CT molecular complexity index is 947. The first kappa shape index (κ1) is 20.5. The third kappa shape index (κ3) is 4.76. The average Bonchev–Trinajstić information content (AvgIpc) is 3.46. The summed E-state index contributed by atoms with van der Waals surface area (Å²) in [6.07, 6.45) is 4.36. The number of hydrazone groups is 1. The average molecular weight is 428 g/mol. The quantitative estimate of drug-likeness (QED) is 0.550. The zero-order valence-electron chi connectivity index (χ0n) is 15.8. The van der Waals surface area contributed by atoms with Gasteiger partial charge in [0.15, 0.2) is 0 Å². The van der Waals surface area contributed by atoms with Gasteiger partial charge in [-0.25, -0.2) is 5.01 Å². The molecule has 28 heavy (non-hydrogen) atoms. The summed E-state index contributed by atoms with van der Waals surface area (Å²) in [5, 5.41) is 11.2. The molecule has 1 aliphatic rings. The van der Waals surface area contributed by atoms with Crippen molar-refractivity contribution in [3.63, 3.8) is 0 Å². The van der Waals surface area contributed by atoms with Crippen LogP contribution in [0.4, 0.5) is 0 Å². The Labute approximate surface area is 177 Å². The number of carbonyl (C=O) groups is 1. The largest absolute Gasteiger partial charge is 0.332 e. The Morgan fingerprint density at radius 3 is 2.86 bits per heavy atom. The molecule has 0 saturated carbocycles. The van der Waals surface area contributed by atoms with Gasteiger partial charge in [-0.3, -0.25) is 4.79 Å². The molecule has 3 rings (SSSR count). The molecule has 0 bridgehead atoms. The van der Waals surface area contributed by atoms with Crippen molar-refractivity contribution in [3.05, 3.63) is 80.1 Å². The summed E-state index contributed by atoms with van der Waals surface area (Å²) in [7, 11) is 1.89. The summed E-state index contributed by atoms with van der Waals surface area (Å²) in [6, 6.07) is 8.11. The molecule has 1 aliphatic heterocycles. The van der Waals surface area contributed by atoms with E-state index in [1.54, 1.807) is 33.9 Å². The molecule has 0 N–H and O–H groups in total. The highest BCUT2D eigenvalue weighted by Gasteiger charge is 2.34. The Morgan fingerprint density at radius 2 is 2.21 bits per heavy atom. The number of nitrogens with zero attached hydrogens (tertiary/aromatic N) is 3. The van der Waals surface area contributed by atoms with Crippen molar-refractivity contribution in [2.75, 3.05) is 12.8 Å². The number of thiophene rings is 2. The van der Waals surface area contributed by atoms with Crippen molar-refractivity contribution < 1.29 is 4.79 Å². The van der Waals surface area contributed by atoms with E-state index in [4.69, 9.17) is 0 Å². The van der Waals surface area contributed by atoms with E-state index in [0.717, 1.165) is 26.9 Å². The zero-order valence-corrected chi connectivity index (χ0v) is 18.2. The van der Waals surface area contributed by atoms with Gasteiger partial charge in [0, 0.05) is 24.5 Å². The molecule has 1 amide bonds. The first-order chi connectivity index (χ1) is 13.6. The van der Waals surface area contributed by atoms with E-state index in [1.807, 2.05) is 47.8 Å². The van der Waals surface area contributed by atoms with Crippen LogP contribution in [-0.2, 0) is 4.79 Å². The molecule has 3 heterocycles. The van der Waals surface area contributed by atoms with Gasteiger partial charge in [0.25, 0.3) is 5.91 Å². The minimum absolute atomic E-state index is 0.0221. The van der Waals surface area contributed by atoms with Gasteiger partial charge in [-0.2, -0.15) is 5.10 Å². The van der Waals surface area contributed by atoms with Gasteiger partial charge in [0.2, 0.25) is 0 Å². The topological polar surface area (TPSA) is 35.9 Å². The first-order valence-electron chi connectivity index (χ1n) is 8.73. The van der Waals surface area contributed by atoms with Crippen LogP contribution in [0.1, 0.15) is 29.1 Å². The van der Waals surface area contributed by atoms with Crippen molar-refractivity contribution >= 4 is 46.1 Å². The van der Waals surface area contributed by atoms with Gasteiger partial charge >= 0.3 is 0 Å². The smallest absolute Gasteiger partial charge is 0.253 e. The Kier molecular flexibility index (Phi) is 7.15. The minimum atomic E-state index is -0.0398. The molecule has 1 unspecified atom stereocenters. The molecule has 0 aliphatic carbocycles. The molecule has 0 radical (unpaired) electrons. The Morgan fingerprint density at radius 1 is 1.43 bits per heavy atom. The maximum Gasteiger partial charge on any atom is 0.253 e. The summed E-state index contributed by atoms with van der Waals surface area (Å²) in [4.78, 5) is 17.1. The molecule has 2 aromatic rings. The lowest BCUT2D eigenvalue weighted by molar-refractivity contribution is -0.130. The molecule has 7 heteroatoms. The van der Waals surface area contributed by atoms with E-state index in [1.165, 1.54) is 11.8 Å². The molecule has 0 aromatic carbocycles. The number of allylic oxidation sites excluding steroid dienone is 1. The van der Waals surface area contributed by atoms with Crippen LogP contribution in [0.25, 0.3) is 0 Å². The van der Waals surface area contributed by atoms with E-state index in [0.29, 0.717) is 0 Å². The van der Waals surface area contributed by atoms with Crippen LogP contribution in [0.3, 0.4) is 0 Å². The highest BCUT2D eigenvalue weighted by Crippen LogP contribution is 2.36. The molecular formula is C21H21N3OS3. The maximum absolute atomic E-state index is 13.0. The lowest BCUT2D eigenvalue weighted by Gasteiger charge is -2.21. The van der Waals surface area contributed by atoms with E-state index in [2.05, 4.69) is 35.3 Å². The number of thioether (sulfide) groups is 1. The summed E-state index contributed by atoms with van der Waals surface area (Å²) in [5.41, 5.74) is 6.88. The maximum atomic E-state index is 13.0. The van der Waals surface area contributed by atoms with Crippen LogP contribution in [0.2, 0.25) is 0 Å². The summed E-state index contributed by atoms with van der Waals surface area (Å²) < 4.78 is 0. The zero-order chi connectivity index (χ0) is 19.9. The van der Waals surface area contributed by atoms with Crippen molar-refractivity contribution in [2.45, 2.75) is 19.4 Å². The second kappa shape index (κ2) is 9.78. The molecule has 144 valence electrons. The highest BCUT2D eigenvalue weighted by molar-refractivity contribution is 8.03. The van der Waals surface area contributed by atoms with E-state index >= 15 is 0 Å². The molecule has 0 saturated heterocycles. The third-order valence-electron chi connectivity index (χ3n) is 4.08.